The van der Waals surface area contributed by atoms with Crippen LogP contribution in [0.4, 0.5) is 0 Å². The number of aromatic nitrogens is 1. The molecule has 0 saturated carbocycles. The van der Waals surface area contributed by atoms with E-state index < -0.39 is 15.9 Å². The summed E-state index contributed by atoms with van der Waals surface area (Å²) in [5, 5.41) is 2.69. The van der Waals surface area contributed by atoms with E-state index in [1.54, 1.807) is 30.5 Å². The third-order valence-corrected chi connectivity index (χ3v) is 5.41. The zero-order valence-electron chi connectivity index (χ0n) is 14.4. The summed E-state index contributed by atoms with van der Waals surface area (Å²) in [5.41, 5.74) is 1.77. The van der Waals surface area contributed by atoms with Gasteiger partial charge in [0, 0.05) is 25.9 Å². The van der Waals surface area contributed by atoms with Gasteiger partial charge in [0.15, 0.2) is 0 Å². The molecule has 0 saturated heterocycles. The van der Waals surface area contributed by atoms with Crippen molar-refractivity contribution in [1.29, 1.82) is 0 Å². The molecule has 0 fully saturated rings. The summed E-state index contributed by atoms with van der Waals surface area (Å²) in [7, 11) is -0.813. The largest absolute Gasteiger partial charge is 0.481 e. The average molecular weight is 363 g/mol. The number of hydrogen-bond acceptors (Lipinski definition) is 5. The third kappa shape index (κ3) is 5.01. The van der Waals surface area contributed by atoms with Crippen LogP contribution in [-0.4, -0.2) is 44.3 Å². The van der Waals surface area contributed by atoms with Crippen LogP contribution in [0.2, 0.25) is 0 Å². The van der Waals surface area contributed by atoms with Crippen molar-refractivity contribution < 1.29 is 17.9 Å². The number of amides is 1. The Kier molecular flexibility index (Phi) is 6.11. The van der Waals surface area contributed by atoms with Gasteiger partial charge in [-0.25, -0.2) is 13.4 Å². The molecule has 2 rings (SSSR count). The number of ether oxygens (including phenoxy) is 1. The molecule has 1 amide bonds. The summed E-state index contributed by atoms with van der Waals surface area (Å²) in [6.45, 7) is 1.87. The fourth-order valence-electron chi connectivity index (χ4n) is 2.11. The molecule has 25 heavy (non-hydrogen) atoms. The minimum atomic E-state index is -3.70. The van der Waals surface area contributed by atoms with Crippen LogP contribution in [0.15, 0.2) is 47.5 Å². The van der Waals surface area contributed by atoms with Crippen LogP contribution < -0.4 is 10.1 Å². The maximum atomic E-state index is 12.5. The first-order chi connectivity index (χ1) is 11.8. The summed E-state index contributed by atoms with van der Waals surface area (Å²) in [6, 6.07) is 9.95. The molecule has 0 aliphatic carbocycles. The lowest BCUT2D eigenvalue weighted by atomic mass is 10.2. The minimum Gasteiger partial charge on any atom is -0.481 e. The number of pyridine rings is 1. The number of methoxy groups -OCH3 is 1. The van der Waals surface area contributed by atoms with E-state index in [1.165, 1.54) is 26.3 Å². The average Bonchev–Trinajstić information content (AvgIpc) is 2.60. The van der Waals surface area contributed by atoms with Crippen molar-refractivity contribution in [3.05, 3.63) is 53.7 Å². The number of benzene rings is 1. The number of sulfonamides is 1. The zero-order chi connectivity index (χ0) is 18.4. The summed E-state index contributed by atoms with van der Waals surface area (Å²) in [6.07, 6.45) is 1.58. The van der Waals surface area contributed by atoms with Crippen molar-refractivity contribution in [3.8, 4) is 5.88 Å². The molecule has 2 aromatic rings. The van der Waals surface area contributed by atoms with Crippen molar-refractivity contribution >= 4 is 15.9 Å². The number of carbonyl (C=O) groups excluding carboxylic acids is 1. The second kappa shape index (κ2) is 8.09. The monoisotopic (exact) mass is 363 g/mol. The molecular formula is C17H21N3O4S. The maximum Gasteiger partial charge on any atom is 0.243 e. The first-order valence-electron chi connectivity index (χ1n) is 7.61. The van der Waals surface area contributed by atoms with Crippen LogP contribution in [0.3, 0.4) is 0 Å². The fourth-order valence-corrected chi connectivity index (χ4v) is 3.23. The van der Waals surface area contributed by atoms with Gasteiger partial charge in [-0.2, -0.15) is 4.31 Å². The maximum absolute atomic E-state index is 12.5. The van der Waals surface area contributed by atoms with Crippen LogP contribution >= 0.6 is 0 Å². The molecule has 0 unspecified atom stereocenters. The predicted octanol–water partition coefficient (Wildman–Crippen LogP) is 1.34. The highest BCUT2D eigenvalue weighted by molar-refractivity contribution is 7.89. The van der Waals surface area contributed by atoms with Gasteiger partial charge >= 0.3 is 0 Å². The molecular weight excluding hydrogens is 342 g/mol. The van der Waals surface area contributed by atoms with Gasteiger partial charge in [-0.3, -0.25) is 4.79 Å². The standard InChI is InChI=1S/C17H21N3O4S/c1-13-4-6-15(7-5-13)25(22,23)20(2)12-16(21)19-11-14-8-9-18-17(10-14)24-3/h4-10H,11-12H2,1-3H3,(H,19,21). The van der Waals surface area contributed by atoms with E-state index in [0.29, 0.717) is 5.88 Å². The van der Waals surface area contributed by atoms with E-state index in [-0.39, 0.29) is 18.0 Å². The number of likely N-dealkylation sites (N-methyl/N-ethyl adjacent to an activating group) is 1. The Labute approximate surface area is 147 Å². The molecule has 1 aromatic heterocycles. The first kappa shape index (κ1) is 18.9. The van der Waals surface area contributed by atoms with Gasteiger partial charge in [-0.15, -0.1) is 0 Å². The van der Waals surface area contributed by atoms with Crippen LogP contribution in [0.25, 0.3) is 0 Å². The topological polar surface area (TPSA) is 88.6 Å². The molecule has 1 N–H and O–H groups in total. The van der Waals surface area contributed by atoms with Gasteiger partial charge in [0.2, 0.25) is 21.8 Å². The second-order valence-electron chi connectivity index (χ2n) is 5.56. The first-order valence-corrected chi connectivity index (χ1v) is 9.05. The Bertz CT molecular complexity index is 835. The smallest absolute Gasteiger partial charge is 0.243 e. The Balaban J connectivity index is 1.96. The van der Waals surface area contributed by atoms with Crippen LogP contribution in [0, 0.1) is 6.92 Å². The van der Waals surface area contributed by atoms with E-state index in [4.69, 9.17) is 4.74 Å². The van der Waals surface area contributed by atoms with Crippen LogP contribution in [0.1, 0.15) is 11.1 Å². The van der Waals surface area contributed by atoms with Gasteiger partial charge in [-0.05, 0) is 30.7 Å². The summed E-state index contributed by atoms with van der Waals surface area (Å²) in [4.78, 5) is 16.2. The molecule has 0 aliphatic heterocycles. The Morgan fingerprint density at radius 3 is 2.56 bits per heavy atom. The van der Waals surface area contributed by atoms with Gasteiger partial charge in [-0.1, -0.05) is 17.7 Å². The van der Waals surface area contributed by atoms with Crippen molar-refractivity contribution in [2.24, 2.45) is 0 Å². The van der Waals surface area contributed by atoms with Gasteiger partial charge < -0.3 is 10.1 Å². The van der Waals surface area contributed by atoms with E-state index in [1.807, 2.05) is 6.92 Å². The normalized spacial score (nSPS) is 11.4. The number of hydrogen-bond donors (Lipinski definition) is 1. The highest BCUT2D eigenvalue weighted by atomic mass is 32.2. The van der Waals surface area contributed by atoms with Crippen molar-refractivity contribution in [1.82, 2.24) is 14.6 Å². The third-order valence-electron chi connectivity index (χ3n) is 3.59. The molecule has 8 heteroatoms. The van der Waals surface area contributed by atoms with E-state index in [9.17, 15) is 13.2 Å². The Morgan fingerprint density at radius 1 is 1.24 bits per heavy atom. The number of carbonyl (C=O) groups is 1. The fraction of sp³-hybridized carbons (Fsp3) is 0.294. The quantitative estimate of drug-likeness (QED) is 0.802. The van der Waals surface area contributed by atoms with Crippen molar-refractivity contribution in [3.63, 3.8) is 0 Å². The Morgan fingerprint density at radius 2 is 1.92 bits per heavy atom. The number of nitrogens with one attached hydrogen (secondary N) is 1. The van der Waals surface area contributed by atoms with Gasteiger partial charge in [0.25, 0.3) is 0 Å². The lowest BCUT2D eigenvalue weighted by Gasteiger charge is -2.17. The molecule has 0 aliphatic rings. The number of nitrogens with zero attached hydrogens (tertiary/aromatic N) is 2. The number of rotatable bonds is 7. The highest BCUT2D eigenvalue weighted by Gasteiger charge is 2.22. The molecule has 0 radical (unpaired) electrons. The lowest BCUT2D eigenvalue weighted by molar-refractivity contribution is -0.121. The summed E-state index contributed by atoms with van der Waals surface area (Å²) in [5.74, 6) is 0.0554. The van der Waals surface area contributed by atoms with E-state index in [2.05, 4.69) is 10.3 Å². The predicted molar refractivity (Wildman–Crippen MR) is 93.6 cm³/mol. The van der Waals surface area contributed by atoms with Gasteiger partial charge in [0.1, 0.15) is 0 Å². The molecule has 134 valence electrons. The molecule has 1 heterocycles. The molecule has 1 aromatic carbocycles. The van der Waals surface area contributed by atoms with Crippen molar-refractivity contribution in [2.45, 2.75) is 18.4 Å². The van der Waals surface area contributed by atoms with Gasteiger partial charge in [0.05, 0.1) is 18.6 Å². The lowest BCUT2D eigenvalue weighted by Crippen LogP contribution is -2.38. The highest BCUT2D eigenvalue weighted by Crippen LogP contribution is 2.14. The van der Waals surface area contributed by atoms with E-state index >= 15 is 0 Å². The summed E-state index contributed by atoms with van der Waals surface area (Å²) >= 11 is 0. The second-order valence-corrected chi connectivity index (χ2v) is 7.60. The van der Waals surface area contributed by atoms with Crippen molar-refractivity contribution in [2.75, 3.05) is 20.7 Å². The molecule has 0 bridgehead atoms. The summed E-state index contributed by atoms with van der Waals surface area (Å²) < 4.78 is 31.0. The van der Waals surface area contributed by atoms with Crippen LogP contribution in [0.5, 0.6) is 5.88 Å². The molecule has 7 nitrogen and oxygen atoms in total. The SMILES string of the molecule is COc1cc(CNC(=O)CN(C)S(=O)(=O)c2ccc(C)cc2)ccn1. The van der Waals surface area contributed by atoms with E-state index in [0.717, 1.165) is 15.4 Å². The zero-order valence-corrected chi connectivity index (χ0v) is 15.2. The number of aryl methyl sites for hydroxylation is 1. The minimum absolute atomic E-state index is 0.160. The molecule has 0 spiro atoms. The van der Waals surface area contributed by atoms with Crippen LogP contribution in [-0.2, 0) is 21.4 Å². The Hall–Kier alpha value is -2.45. The molecule has 0 atom stereocenters.